The Balaban J connectivity index is 1.95. The summed E-state index contributed by atoms with van der Waals surface area (Å²) in [7, 11) is 0. The second-order valence-corrected chi connectivity index (χ2v) is 4.93. The topological polar surface area (TPSA) is 66.0 Å². The number of H-pyrrole nitrogens is 1. The lowest BCUT2D eigenvalue weighted by molar-refractivity contribution is -0.138. The summed E-state index contributed by atoms with van der Waals surface area (Å²) < 4.78 is 0. The van der Waals surface area contributed by atoms with E-state index in [-0.39, 0.29) is 0 Å². The Morgan fingerprint density at radius 3 is 2.79 bits per heavy atom. The van der Waals surface area contributed by atoms with Crippen LogP contribution in [0.25, 0.3) is 11.4 Å². The number of hydrogen-bond donors (Lipinski definition) is 2. The molecule has 0 saturated heterocycles. The fourth-order valence-corrected chi connectivity index (χ4v) is 2.60. The predicted octanol–water partition coefficient (Wildman–Crippen LogP) is 2.75. The molecular weight excluding hydrogens is 240 g/mol. The Kier molecular flexibility index (Phi) is 2.85. The Bertz CT molecular complexity index is 614. The second-order valence-electron chi connectivity index (χ2n) is 4.93. The molecule has 0 radical (unpaired) electrons. The van der Waals surface area contributed by atoms with Crippen molar-refractivity contribution in [3.05, 3.63) is 41.2 Å². The molecule has 2 aromatic rings. The van der Waals surface area contributed by atoms with Crippen LogP contribution in [0.15, 0.2) is 24.3 Å². The summed E-state index contributed by atoms with van der Waals surface area (Å²) in [5.41, 5.74) is 3.98. The number of aryl methyl sites for hydroxylation is 2. The molecule has 2 N–H and O–H groups in total. The molecule has 4 nitrogen and oxygen atoms in total. The van der Waals surface area contributed by atoms with Crippen LogP contribution in [-0.2, 0) is 17.6 Å². The van der Waals surface area contributed by atoms with Crippen LogP contribution in [0.5, 0.6) is 0 Å². The van der Waals surface area contributed by atoms with Crippen molar-refractivity contribution in [2.75, 3.05) is 0 Å². The molecule has 0 spiro atoms. The molecule has 1 unspecified atom stereocenters. The molecule has 0 bridgehead atoms. The molecule has 98 valence electrons. The van der Waals surface area contributed by atoms with Gasteiger partial charge in [-0.15, -0.1) is 0 Å². The largest absolute Gasteiger partial charge is 0.481 e. The Hall–Kier alpha value is -2.10. The highest BCUT2D eigenvalue weighted by atomic mass is 16.4. The number of aliphatic carboxylic acids is 1. The van der Waals surface area contributed by atoms with Crippen molar-refractivity contribution in [3.8, 4) is 11.4 Å². The molecule has 3 rings (SSSR count). The molecule has 1 heterocycles. The summed E-state index contributed by atoms with van der Waals surface area (Å²) >= 11 is 0. The standard InChI is InChI=1S/C15H16N2O2/c1-2-9-3-5-10(6-4-9)14-16-12-8-7-11(15(18)19)13(12)17-14/h3-6,11H,2,7-8H2,1H3,(H,16,17)(H,18,19). The van der Waals surface area contributed by atoms with Crippen LogP contribution in [0.4, 0.5) is 0 Å². The summed E-state index contributed by atoms with van der Waals surface area (Å²) in [4.78, 5) is 18.9. The molecule has 0 saturated carbocycles. The van der Waals surface area contributed by atoms with Gasteiger partial charge in [0.1, 0.15) is 11.7 Å². The summed E-state index contributed by atoms with van der Waals surface area (Å²) in [6, 6.07) is 8.22. The van der Waals surface area contributed by atoms with E-state index in [4.69, 9.17) is 5.11 Å². The van der Waals surface area contributed by atoms with Crippen molar-refractivity contribution in [2.24, 2.45) is 0 Å². The van der Waals surface area contributed by atoms with Crippen LogP contribution < -0.4 is 0 Å². The van der Waals surface area contributed by atoms with Gasteiger partial charge in [-0.05, 0) is 24.8 Å². The van der Waals surface area contributed by atoms with Gasteiger partial charge >= 0.3 is 5.97 Å². The van der Waals surface area contributed by atoms with Crippen molar-refractivity contribution in [1.29, 1.82) is 0 Å². The summed E-state index contributed by atoms with van der Waals surface area (Å²) in [5, 5.41) is 9.15. The first-order valence-corrected chi connectivity index (χ1v) is 6.60. The van der Waals surface area contributed by atoms with Gasteiger partial charge in [-0.2, -0.15) is 0 Å². The third-order valence-corrected chi connectivity index (χ3v) is 3.76. The van der Waals surface area contributed by atoms with Gasteiger partial charge in [-0.25, -0.2) is 4.98 Å². The summed E-state index contributed by atoms with van der Waals surface area (Å²) in [6.45, 7) is 2.12. The van der Waals surface area contributed by atoms with Crippen LogP contribution in [-0.4, -0.2) is 21.0 Å². The van der Waals surface area contributed by atoms with Gasteiger partial charge in [0.2, 0.25) is 0 Å². The van der Waals surface area contributed by atoms with E-state index in [0.29, 0.717) is 12.1 Å². The average Bonchev–Trinajstić information content (AvgIpc) is 2.98. The lowest BCUT2D eigenvalue weighted by Crippen LogP contribution is -2.08. The van der Waals surface area contributed by atoms with Crippen LogP contribution in [0.2, 0.25) is 0 Å². The average molecular weight is 256 g/mol. The number of rotatable bonds is 3. The van der Waals surface area contributed by atoms with Gasteiger partial charge in [0, 0.05) is 11.3 Å². The van der Waals surface area contributed by atoms with Crippen molar-refractivity contribution >= 4 is 5.97 Å². The van der Waals surface area contributed by atoms with Gasteiger partial charge in [0.15, 0.2) is 0 Å². The van der Waals surface area contributed by atoms with Gasteiger partial charge < -0.3 is 10.1 Å². The molecule has 1 aromatic carbocycles. The molecule has 4 heteroatoms. The van der Waals surface area contributed by atoms with E-state index >= 15 is 0 Å². The fraction of sp³-hybridized carbons (Fsp3) is 0.333. The number of carboxylic acid groups (broad SMARTS) is 1. The first-order valence-electron chi connectivity index (χ1n) is 6.60. The first kappa shape index (κ1) is 12.0. The Labute approximate surface area is 111 Å². The first-order chi connectivity index (χ1) is 9.19. The van der Waals surface area contributed by atoms with Gasteiger partial charge in [0.25, 0.3) is 0 Å². The number of benzene rings is 1. The maximum atomic E-state index is 11.1. The summed E-state index contributed by atoms with van der Waals surface area (Å²) in [6.07, 6.45) is 2.43. The monoisotopic (exact) mass is 256 g/mol. The number of hydrogen-bond acceptors (Lipinski definition) is 2. The minimum atomic E-state index is -0.780. The van der Waals surface area contributed by atoms with Crippen molar-refractivity contribution in [1.82, 2.24) is 9.97 Å². The molecular formula is C15H16N2O2. The minimum Gasteiger partial charge on any atom is -0.481 e. The summed E-state index contributed by atoms with van der Waals surface area (Å²) in [5.74, 6) is -0.452. The third kappa shape index (κ3) is 2.03. The van der Waals surface area contributed by atoms with E-state index in [1.54, 1.807) is 0 Å². The van der Waals surface area contributed by atoms with Gasteiger partial charge in [-0.1, -0.05) is 31.2 Å². The van der Waals surface area contributed by atoms with E-state index < -0.39 is 11.9 Å². The molecule has 0 fully saturated rings. The number of imidazole rings is 1. The third-order valence-electron chi connectivity index (χ3n) is 3.76. The van der Waals surface area contributed by atoms with E-state index in [1.165, 1.54) is 5.56 Å². The highest BCUT2D eigenvalue weighted by molar-refractivity contribution is 5.77. The van der Waals surface area contributed by atoms with E-state index in [1.807, 2.05) is 12.1 Å². The normalized spacial score (nSPS) is 17.4. The fourth-order valence-electron chi connectivity index (χ4n) is 2.60. The lowest BCUT2D eigenvalue weighted by Gasteiger charge is -2.02. The predicted molar refractivity (Wildman–Crippen MR) is 72.1 cm³/mol. The molecule has 19 heavy (non-hydrogen) atoms. The van der Waals surface area contributed by atoms with Crippen molar-refractivity contribution in [3.63, 3.8) is 0 Å². The minimum absolute atomic E-state index is 0.449. The van der Waals surface area contributed by atoms with Crippen molar-refractivity contribution < 1.29 is 9.90 Å². The quantitative estimate of drug-likeness (QED) is 0.887. The number of aromatic amines is 1. The molecule has 1 aliphatic rings. The van der Waals surface area contributed by atoms with Crippen LogP contribution in [0, 0.1) is 0 Å². The van der Waals surface area contributed by atoms with Gasteiger partial charge in [-0.3, -0.25) is 4.79 Å². The Morgan fingerprint density at radius 2 is 2.16 bits per heavy atom. The zero-order chi connectivity index (χ0) is 13.4. The second kappa shape index (κ2) is 4.53. The number of nitrogens with zero attached hydrogens (tertiary/aromatic N) is 1. The maximum Gasteiger partial charge on any atom is 0.312 e. The SMILES string of the molecule is CCc1ccc(-c2nc3c([nH]2)CCC3C(=O)O)cc1. The van der Waals surface area contributed by atoms with Crippen LogP contribution in [0.1, 0.15) is 36.2 Å². The molecule has 1 aliphatic carbocycles. The van der Waals surface area contributed by atoms with Crippen LogP contribution >= 0.6 is 0 Å². The van der Waals surface area contributed by atoms with Crippen LogP contribution in [0.3, 0.4) is 0 Å². The van der Waals surface area contributed by atoms with Gasteiger partial charge in [0.05, 0.1) is 5.69 Å². The molecule has 0 aliphatic heterocycles. The molecule has 1 atom stereocenters. The number of nitrogens with one attached hydrogen (secondary N) is 1. The van der Waals surface area contributed by atoms with E-state index in [0.717, 1.165) is 29.9 Å². The zero-order valence-corrected chi connectivity index (χ0v) is 10.8. The highest BCUT2D eigenvalue weighted by Gasteiger charge is 2.32. The number of carbonyl (C=O) groups is 1. The molecule has 1 aromatic heterocycles. The highest BCUT2D eigenvalue weighted by Crippen LogP contribution is 2.33. The molecule has 0 amide bonds. The van der Waals surface area contributed by atoms with Crippen molar-refractivity contribution in [2.45, 2.75) is 32.1 Å². The smallest absolute Gasteiger partial charge is 0.312 e. The zero-order valence-electron chi connectivity index (χ0n) is 10.8. The Morgan fingerprint density at radius 1 is 1.42 bits per heavy atom. The number of fused-ring (bicyclic) bond motifs is 1. The lowest BCUT2D eigenvalue weighted by atomic mass is 10.1. The maximum absolute atomic E-state index is 11.1. The van der Waals surface area contributed by atoms with E-state index in [9.17, 15) is 4.79 Å². The van der Waals surface area contributed by atoms with E-state index in [2.05, 4.69) is 29.0 Å². The number of carboxylic acids is 1. The number of aromatic nitrogens is 2.